The standard InChI is InChI=1S/C39H56/c1-24(2)30-19-34(28-13-9-7-10-14-28)36-17-26(5)32(38(36)21-30)23-33-27(6)18-37-35(29-15-11-8-12-16-29)20-31(25(3)4)22-39(33)37/h7-16,24-27,30-39H,17-23H2,1-6H3. The van der Waals surface area contributed by atoms with Gasteiger partial charge in [-0.05, 0) is 139 Å². The molecule has 0 nitrogen and oxygen atoms in total. The van der Waals surface area contributed by atoms with E-state index in [-0.39, 0.29) is 0 Å². The number of benzene rings is 2. The molecule has 0 bridgehead atoms. The van der Waals surface area contributed by atoms with Gasteiger partial charge in [0.1, 0.15) is 0 Å². The van der Waals surface area contributed by atoms with Crippen molar-refractivity contribution in [2.24, 2.45) is 71.0 Å². The van der Waals surface area contributed by atoms with Crippen molar-refractivity contribution in [2.75, 3.05) is 0 Å². The minimum absolute atomic E-state index is 0.779. The molecule has 12 atom stereocenters. The van der Waals surface area contributed by atoms with Gasteiger partial charge in [0.05, 0.1) is 0 Å². The minimum atomic E-state index is 0.779. The molecule has 4 fully saturated rings. The molecule has 4 aliphatic carbocycles. The van der Waals surface area contributed by atoms with Crippen molar-refractivity contribution < 1.29 is 0 Å². The Kier molecular flexibility index (Phi) is 8.05. The summed E-state index contributed by atoms with van der Waals surface area (Å²) in [5.74, 6) is 12.3. The third kappa shape index (κ3) is 5.28. The zero-order valence-corrected chi connectivity index (χ0v) is 25.8. The molecule has 2 aromatic rings. The summed E-state index contributed by atoms with van der Waals surface area (Å²) >= 11 is 0. The van der Waals surface area contributed by atoms with Crippen LogP contribution in [-0.2, 0) is 0 Å². The largest absolute Gasteiger partial charge is 0.0625 e. The van der Waals surface area contributed by atoms with Crippen molar-refractivity contribution in [3.63, 3.8) is 0 Å². The van der Waals surface area contributed by atoms with Crippen LogP contribution in [0.15, 0.2) is 60.7 Å². The lowest BCUT2D eigenvalue weighted by Gasteiger charge is -2.45. The van der Waals surface area contributed by atoms with Crippen molar-refractivity contribution >= 4 is 0 Å². The SMILES string of the molecule is CC(C)C1CC(c2ccccc2)C2CC(C)C(CC3C(C)CC4C(c5ccccc5)CC(C(C)C)CC34)C2C1. The Bertz CT molecular complexity index is 966. The molecule has 212 valence electrons. The summed E-state index contributed by atoms with van der Waals surface area (Å²) in [5, 5.41) is 0. The van der Waals surface area contributed by atoms with E-state index < -0.39 is 0 Å². The van der Waals surface area contributed by atoms with Gasteiger partial charge in [-0.1, -0.05) is 102 Å². The van der Waals surface area contributed by atoms with Crippen LogP contribution in [0.4, 0.5) is 0 Å². The van der Waals surface area contributed by atoms with Gasteiger partial charge in [-0.2, -0.15) is 0 Å². The zero-order valence-electron chi connectivity index (χ0n) is 25.8. The summed E-state index contributed by atoms with van der Waals surface area (Å²) in [6.07, 6.45) is 10.3. The topological polar surface area (TPSA) is 0 Å². The maximum atomic E-state index is 2.65. The maximum Gasteiger partial charge on any atom is -0.0128 e. The predicted octanol–water partition coefficient (Wildman–Crippen LogP) is 10.9. The quantitative estimate of drug-likeness (QED) is 0.352. The highest BCUT2D eigenvalue weighted by molar-refractivity contribution is 5.24. The van der Waals surface area contributed by atoms with Gasteiger partial charge in [-0.25, -0.2) is 0 Å². The number of fused-ring (bicyclic) bond motifs is 2. The smallest absolute Gasteiger partial charge is 0.0128 e. The first-order valence-corrected chi connectivity index (χ1v) is 16.9. The van der Waals surface area contributed by atoms with Crippen LogP contribution in [-0.4, -0.2) is 0 Å². The molecule has 0 heteroatoms. The monoisotopic (exact) mass is 524 g/mol. The van der Waals surface area contributed by atoms with Gasteiger partial charge in [0.15, 0.2) is 0 Å². The van der Waals surface area contributed by atoms with Crippen molar-refractivity contribution in [3.05, 3.63) is 71.8 Å². The fraction of sp³-hybridized carbons (Fsp3) is 0.692. The average Bonchev–Trinajstić information content (AvgIpc) is 3.43. The molecule has 0 radical (unpaired) electrons. The normalized spacial score (nSPS) is 42.1. The summed E-state index contributed by atoms with van der Waals surface area (Å²) in [7, 11) is 0. The third-order valence-electron chi connectivity index (χ3n) is 13.1. The van der Waals surface area contributed by atoms with Gasteiger partial charge in [0.2, 0.25) is 0 Å². The first-order chi connectivity index (χ1) is 18.8. The molecule has 12 unspecified atom stereocenters. The van der Waals surface area contributed by atoms with Crippen molar-refractivity contribution in [3.8, 4) is 0 Å². The molecule has 0 aliphatic heterocycles. The number of hydrogen-bond donors (Lipinski definition) is 0. The van der Waals surface area contributed by atoms with Crippen LogP contribution in [0.5, 0.6) is 0 Å². The van der Waals surface area contributed by atoms with Crippen LogP contribution < -0.4 is 0 Å². The van der Waals surface area contributed by atoms with Crippen LogP contribution in [0.1, 0.15) is 109 Å². The van der Waals surface area contributed by atoms with Crippen molar-refractivity contribution in [1.82, 2.24) is 0 Å². The van der Waals surface area contributed by atoms with E-state index in [1.165, 1.54) is 44.9 Å². The molecular weight excluding hydrogens is 468 g/mol. The summed E-state index contributed by atoms with van der Waals surface area (Å²) in [4.78, 5) is 0. The molecule has 0 heterocycles. The third-order valence-corrected chi connectivity index (χ3v) is 13.1. The van der Waals surface area contributed by atoms with Gasteiger partial charge >= 0.3 is 0 Å². The lowest BCUT2D eigenvalue weighted by molar-refractivity contribution is 0.0759. The summed E-state index contributed by atoms with van der Waals surface area (Å²) in [5.41, 5.74) is 3.27. The Balaban J connectivity index is 1.27. The Morgan fingerprint density at radius 3 is 1.26 bits per heavy atom. The van der Waals surface area contributed by atoms with Gasteiger partial charge in [-0.3, -0.25) is 0 Å². The molecule has 0 amide bonds. The highest BCUT2D eigenvalue weighted by atomic mass is 14.6. The van der Waals surface area contributed by atoms with E-state index in [0.717, 1.165) is 82.9 Å². The van der Waals surface area contributed by atoms with Gasteiger partial charge in [0, 0.05) is 0 Å². The first-order valence-electron chi connectivity index (χ1n) is 16.9. The Labute approximate surface area is 240 Å². The molecule has 2 aromatic carbocycles. The van der Waals surface area contributed by atoms with E-state index in [1.807, 2.05) is 0 Å². The maximum absolute atomic E-state index is 2.65. The van der Waals surface area contributed by atoms with Crippen LogP contribution in [0.2, 0.25) is 0 Å². The predicted molar refractivity (Wildman–Crippen MR) is 167 cm³/mol. The van der Waals surface area contributed by atoms with Crippen molar-refractivity contribution in [2.45, 2.75) is 98.3 Å². The second-order valence-electron chi connectivity index (χ2n) is 15.6. The van der Waals surface area contributed by atoms with Crippen LogP contribution in [0.25, 0.3) is 0 Å². The van der Waals surface area contributed by atoms with Gasteiger partial charge in [0.25, 0.3) is 0 Å². The summed E-state index contributed by atoms with van der Waals surface area (Å²) < 4.78 is 0. The molecular formula is C39H56. The first kappa shape index (κ1) is 27.6. The molecule has 0 spiro atoms. The van der Waals surface area contributed by atoms with E-state index in [0.29, 0.717) is 0 Å². The Hall–Kier alpha value is -1.56. The molecule has 39 heavy (non-hydrogen) atoms. The number of rotatable bonds is 6. The van der Waals surface area contributed by atoms with E-state index in [2.05, 4.69) is 102 Å². The lowest BCUT2D eigenvalue weighted by Crippen LogP contribution is -2.36. The van der Waals surface area contributed by atoms with Crippen molar-refractivity contribution in [1.29, 1.82) is 0 Å². The Morgan fingerprint density at radius 1 is 0.513 bits per heavy atom. The molecule has 4 saturated carbocycles. The lowest BCUT2D eigenvalue weighted by atomic mass is 9.60. The summed E-state index contributed by atoms with van der Waals surface area (Å²) in [6, 6.07) is 23.4. The molecule has 0 N–H and O–H groups in total. The Morgan fingerprint density at radius 2 is 0.897 bits per heavy atom. The summed E-state index contributed by atoms with van der Waals surface area (Å²) in [6.45, 7) is 15.3. The van der Waals surface area contributed by atoms with E-state index in [9.17, 15) is 0 Å². The average molecular weight is 525 g/mol. The second kappa shape index (κ2) is 11.4. The van der Waals surface area contributed by atoms with Crippen LogP contribution in [0, 0.1) is 71.0 Å². The highest BCUT2D eigenvalue weighted by Crippen LogP contribution is 2.62. The second-order valence-corrected chi connectivity index (χ2v) is 15.6. The molecule has 0 saturated heterocycles. The van der Waals surface area contributed by atoms with Gasteiger partial charge < -0.3 is 0 Å². The highest BCUT2D eigenvalue weighted by Gasteiger charge is 2.53. The van der Waals surface area contributed by atoms with E-state index >= 15 is 0 Å². The van der Waals surface area contributed by atoms with Crippen LogP contribution >= 0.6 is 0 Å². The fourth-order valence-electron chi connectivity index (χ4n) is 10.9. The van der Waals surface area contributed by atoms with Crippen LogP contribution in [0.3, 0.4) is 0 Å². The fourth-order valence-corrected chi connectivity index (χ4v) is 10.9. The molecule has 6 rings (SSSR count). The van der Waals surface area contributed by atoms with E-state index in [4.69, 9.17) is 0 Å². The molecule has 0 aromatic heterocycles. The zero-order chi connectivity index (χ0) is 27.3. The van der Waals surface area contributed by atoms with E-state index in [1.54, 1.807) is 11.1 Å². The number of hydrogen-bond acceptors (Lipinski definition) is 0. The molecule has 4 aliphatic rings. The van der Waals surface area contributed by atoms with Gasteiger partial charge in [-0.15, -0.1) is 0 Å². The minimum Gasteiger partial charge on any atom is -0.0625 e.